The zero-order valence-corrected chi connectivity index (χ0v) is 13.4. The molecule has 7 nitrogen and oxygen atoms in total. The van der Waals surface area contributed by atoms with Crippen molar-refractivity contribution < 1.29 is 37.3 Å². The Bertz CT molecular complexity index is 833. The fourth-order valence-electron chi connectivity index (χ4n) is 2.81. The van der Waals surface area contributed by atoms with Gasteiger partial charge in [0, 0.05) is 30.1 Å². The Hall–Kier alpha value is -2.75. The Balaban J connectivity index is 1.77. The number of H-pyrrole nitrogens is 1. The van der Waals surface area contributed by atoms with Crippen molar-refractivity contribution in [1.29, 1.82) is 0 Å². The van der Waals surface area contributed by atoms with Crippen LogP contribution in [0.1, 0.15) is 16.9 Å². The van der Waals surface area contributed by atoms with Gasteiger partial charge in [0.15, 0.2) is 0 Å². The second-order valence-electron chi connectivity index (χ2n) is 5.82. The van der Waals surface area contributed by atoms with Gasteiger partial charge in [0.25, 0.3) is 5.91 Å². The van der Waals surface area contributed by atoms with E-state index in [1.54, 1.807) is 0 Å². The maximum Gasteiger partial charge on any atom is 0.573 e. The van der Waals surface area contributed by atoms with Gasteiger partial charge >= 0.3 is 12.3 Å². The third-order valence-corrected chi connectivity index (χ3v) is 3.89. The average molecular weight is 372 g/mol. The molecule has 1 fully saturated rings. The predicted molar refractivity (Wildman–Crippen MR) is 82.9 cm³/mol. The van der Waals surface area contributed by atoms with E-state index in [4.69, 9.17) is 9.84 Å². The van der Waals surface area contributed by atoms with Gasteiger partial charge in [-0.25, -0.2) is 0 Å². The molecule has 26 heavy (non-hydrogen) atoms. The van der Waals surface area contributed by atoms with Gasteiger partial charge in [-0.2, -0.15) is 0 Å². The topological polar surface area (TPSA) is 91.9 Å². The van der Waals surface area contributed by atoms with E-state index < -0.39 is 24.2 Å². The second-order valence-corrected chi connectivity index (χ2v) is 5.82. The van der Waals surface area contributed by atoms with Crippen molar-refractivity contribution in [3.8, 4) is 5.75 Å². The molecular weight excluding hydrogens is 357 g/mol. The highest BCUT2D eigenvalue weighted by atomic mass is 19.4. The van der Waals surface area contributed by atoms with Crippen LogP contribution in [0.4, 0.5) is 13.2 Å². The number of hydrogen-bond acceptors (Lipinski definition) is 4. The van der Waals surface area contributed by atoms with Crippen molar-refractivity contribution in [2.75, 3.05) is 19.7 Å². The minimum absolute atomic E-state index is 0.128. The monoisotopic (exact) mass is 372 g/mol. The number of carboxylic acids is 1. The minimum Gasteiger partial charge on any atom is -0.481 e. The normalized spacial score (nSPS) is 18.1. The SMILES string of the molecule is O=C(O)CC1CN(C(=O)c2cc3ccc(OC(F)(F)F)cc3[nH]2)CCO1. The maximum absolute atomic E-state index is 12.6. The van der Waals surface area contributed by atoms with Crippen LogP contribution in [0.25, 0.3) is 10.9 Å². The molecule has 1 unspecified atom stereocenters. The lowest BCUT2D eigenvalue weighted by Crippen LogP contribution is -2.46. The summed E-state index contributed by atoms with van der Waals surface area (Å²) in [5.41, 5.74) is 0.519. The summed E-state index contributed by atoms with van der Waals surface area (Å²) in [7, 11) is 0. The molecule has 3 rings (SSSR count). The van der Waals surface area contributed by atoms with Crippen molar-refractivity contribution in [2.45, 2.75) is 18.9 Å². The van der Waals surface area contributed by atoms with Crippen LogP contribution < -0.4 is 4.74 Å². The Morgan fingerprint density at radius 1 is 1.35 bits per heavy atom. The van der Waals surface area contributed by atoms with E-state index in [1.807, 2.05) is 0 Å². The second kappa shape index (κ2) is 6.87. The summed E-state index contributed by atoms with van der Waals surface area (Å²) >= 11 is 0. The van der Waals surface area contributed by atoms with Crippen LogP contribution in [0.15, 0.2) is 24.3 Å². The third-order valence-electron chi connectivity index (χ3n) is 3.89. The van der Waals surface area contributed by atoms with E-state index in [0.717, 1.165) is 12.1 Å². The standard InChI is InChI=1S/C16H15F3N2O5/c17-16(18,19)26-10-2-1-9-5-13(20-12(9)6-10)15(24)21-3-4-25-11(8-21)7-14(22)23/h1-2,5-6,11,20H,3-4,7-8H2,(H,22,23). The molecule has 2 N–H and O–H groups in total. The number of benzene rings is 1. The lowest BCUT2D eigenvalue weighted by molar-refractivity contribution is -0.274. The van der Waals surface area contributed by atoms with Crippen LogP contribution in [0, 0.1) is 0 Å². The molecule has 2 heterocycles. The molecule has 1 amide bonds. The Morgan fingerprint density at radius 2 is 2.12 bits per heavy atom. The van der Waals surface area contributed by atoms with Crippen LogP contribution >= 0.6 is 0 Å². The first kappa shape index (κ1) is 18.1. The zero-order valence-electron chi connectivity index (χ0n) is 13.4. The number of carbonyl (C=O) groups excluding carboxylic acids is 1. The highest BCUT2D eigenvalue weighted by molar-refractivity contribution is 5.98. The number of hydrogen-bond donors (Lipinski definition) is 2. The van der Waals surface area contributed by atoms with E-state index >= 15 is 0 Å². The van der Waals surface area contributed by atoms with Crippen LogP contribution in [0.2, 0.25) is 0 Å². The lowest BCUT2D eigenvalue weighted by Gasteiger charge is -2.32. The van der Waals surface area contributed by atoms with Gasteiger partial charge in [-0.3, -0.25) is 9.59 Å². The number of alkyl halides is 3. The van der Waals surface area contributed by atoms with Crippen LogP contribution in [0.3, 0.4) is 0 Å². The highest BCUT2D eigenvalue weighted by Crippen LogP contribution is 2.27. The molecule has 1 atom stereocenters. The van der Waals surface area contributed by atoms with Crippen LogP contribution in [-0.4, -0.2) is 59.0 Å². The molecule has 0 saturated carbocycles. The van der Waals surface area contributed by atoms with Crippen molar-refractivity contribution >= 4 is 22.8 Å². The highest BCUT2D eigenvalue weighted by Gasteiger charge is 2.31. The van der Waals surface area contributed by atoms with Gasteiger partial charge in [0.05, 0.1) is 19.1 Å². The molecule has 0 spiro atoms. The molecule has 0 bridgehead atoms. The first-order chi connectivity index (χ1) is 12.2. The van der Waals surface area contributed by atoms with Crippen molar-refractivity contribution in [3.63, 3.8) is 0 Å². The first-order valence-electron chi connectivity index (χ1n) is 7.72. The van der Waals surface area contributed by atoms with Crippen LogP contribution in [-0.2, 0) is 9.53 Å². The molecular formula is C16H15F3N2O5. The number of aromatic amines is 1. The van der Waals surface area contributed by atoms with Gasteiger partial charge in [0.1, 0.15) is 11.4 Å². The Kier molecular flexibility index (Phi) is 4.77. The number of rotatable bonds is 4. The van der Waals surface area contributed by atoms with Crippen molar-refractivity contribution in [3.05, 3.63) is 30.0 Å². The van der Waals surface area contributed by atoms with Gasteiger partial charge < -0.3 is 24.5 Å². The van der Waals surface area contributed by atoms with Gasteiger partial charge in [-0.05, 0) is 18.2 Å². The number of aliphatic carboxylic acids is 1. The van der Waals surface area contributed by atoms with E-state index in [9.17, 15) is 22.8 Å². The minimum atomic E-state index is -4.80. The van der Waals surface area contributed by atoms with Gasteiger partial charge in [-0.15, -0.1) is 13.2 Å². The molecule has 0 aliphatic carbocycles. The molecule has 140 valence electrons. The zero-order chi connectivity index (χ0) is 18.9. The average Bonchev–Trinajstić information content (AvgIpc) is 2.95. The number of halogens is 3. The van der Waals surface area contributed by atoms with Crippen molar-refractivity contribution in [2.24, 2.45) is 0 Å². The van der Waals surface area contributed by atoms with E-state index in [0.29, 0.717) is 17.4 Å². The molecule has 1 aromatic carbocycles. The maximum atomic E-state index is 12.6. The number of nitrogens with one attached hydrogen (secondary N) is 1. The summed E-state index contributed by atoms with van der Waals surface area (Å²) < 4.78 is 46.1. The van der Waals surface area contributed by atoms with E-state index in [1.165, 1.54) is 17.0 Å². The number of carboxylic acid groups (broad SMARTS) is 1. The Labute approximate surface area is 145 Å². The largest absolute Gasteiger partial charge is 0.573 e. The van der Waals surface area contributed by atoms with Gasteiger partial charge in [0.2, 0.25) is 0 Å². The summed E-state index contributed by atoms with van der Waals surface area (Å²) in [6, 6.07) is 5.26. The summed E-state index contributed by atoms with van der Waals surface area (Å²) in [6.07, 6.45) is -5.61. The molecule has 0 radical (unpaired) electrons. The molecule has 2 aromatic rings. The Morgan fingerprint density at radius 3 is 2.81 bits per heavy atom. The molecule has 1 saturated heterocycles. The number of carbonyl (C=O) groups is 2. The van der Waals surface area contributed by atoms with E-state index in [2.05, 4.69) is 9.72 Å². The summed E-state index contributed by atoms with van der Waals surface area (Å²) in [5, 5.41) is 9.38. The summed E-state index contributed by atoms with van der Waals surface area (Å²) in [4.78, 5) is 27.6. The first-order valence-corrected chi connectivity index (χ1v) is 7.72. The fraction of sp³-hybridized carbons (Fsp3) is 0.375. The number of aromatic nitrogens is 1. The quantitative estimate of drug-likeness (QED) is 0.860. The predicted octanol–water partition coefficient (Wildman–Crippen LogP) is 2.38. The summed E-state index contributed by atoms with van der Waals surface area (Å²) in [6.45, 7) is 0.642. The molecule has 1 aliphatic rings. The summed E-state index contributed by atoms with van der Waals surface area (Å²) in [5.74, 6) is -1.79. The number of ether oxygens (including phenoxy) is 2. The molecule has 10 heteroatoms. The third kappa shape index (κ3) is 4.26. The van der Waals surface area contributed by atoms with E-state index in [-0.39, 0.29) is 31.2 Å². The van der Waals surface area contributed by atoms with Gasteiger partial charge in [-0.1, -0.05) is 0 Å². The number of morpholine rings is 1. The number of nitrogens with zero attached hydrogens (tertiary/aromatic N) is 1. The lowest BCUT2D eigenvalue weighted by atomic mass is 10.2. The molecule has 1 aromatic heterocycles. The smallest absolute Gasteiger partial charge is 0.481 e. The molecule has 1 aliphatic heterocycles. The number of amides is 1. The van der Waals surface area contributed by atoms with Crippen molar-refractivity contribution in [1.82, 2.24) is 9.88 Å². The van der Waals surface area contributed by atoms with Crippen LogP contribution in [0.5, 0.6) is 5.75 Å². The fourth-order valence-corrected chi connectivity index (χ4v) is 2.81. The number of fused-ring (bicyclic) bond motifs is 1.